The highest BCUT2D eigenvalue weighted by molar-refractivity contribution is 9.10. The van der Waals surface area contributed by atoms with Gasteiger partial charge in [0.15, 0.2) is 0 Å². The second-order valence-electron chi connectivity index (χ2n) is 6.96. The van der Waals surface area contributed by atoms with Crippen LogP contribution in [0, 0.1) is 0 Å². The number of hydrogen-bond acceptors (Lipinski definition) is 7. The molecule has 4 aromatic rings. The summed E-state index contributed by atoms with van der Waals surface area (Å²) in [5.74, 6) is 0.367. The van der Waals surface area contributed by atoms with E-state index in [9.17, 15) is 9.59 Å². The van der Waals surface area contributed by atoms with Crippen LogP contribution in [0.5, 0.6) is 5.75 Å². The SMILES string of the molecule is COc1ccc(C(=O)N/C(=C\c2cccs2)C(=O)NCc2nc(-c3cccc(Br)c3)no2)cc1. The first-order valence-electron chi connectivity index (χ1n) is 10.1. The number of aromatic nitrogens is 2. The summed E-state index contributed by atoms with van der Waals surface area (Å²) in [6.07, 6.45) is 1.61. The summed E-state index contributed by atoms with van der Waals surface area (Å²) in [5, 5.41) is 11.3. The van der Waals surface area contributed by atoms with E-state index in [1.165, 1.54) is 11.3 Å². The van der Waals surface area contributed by atoms with Crippen LogP contribution in [0.25, 0.3) is 17.5 Å². The fourth-order valence-electron chi connectivity index (χ4n) is 2.93. The summed E-state index contributed by atoms with van der Waals surface area (Å²) in [7, 11) is 1.55. The minimum absolute atomic E-state index is 0.0000231. The maximum Gasteiger partial charge on any atom is 0.268 e. The van der Waals surface area contributed by atoms with Crippen molar-refractivity contribution in [1.82, 2.24) is 20.8 Å². The lowest BCUT2D eigenvalue weighted by atomic mass is 10.2. The Morgan fingerprint density at radius 2 is 1.97 bits per heavy atom. The monoisotopic (exact) mass is 538 g/mol. The summed E-state index contributed by atoms with van der Waals surface area (Å²) in [5.41, 5.74) is 1.26. The van der Waals surface area contributed by atoms with Gasteiger partial charge < -0.3 is 19.9 Å². The van der Waals surface area contributed by atoms with Crippen LogP contribution in [0.4, 0.5) is 0 Å². The Labute approximate surface area is 207 Å². The molecule has 0 aliphatic heterocycles. The Morgan fingerprint density at radius 1 is 1.15 bits per heavy atom. The molecule has 10 heteroatoms. The van der Waals surface area contributed by atoms with E-state index >= 15 is 0 Å². The van der Waals surface area contributed by atoms with Crippen molar-refractivity contribution in [3.63, 3.8) is 0 Å². The van der Waals surface area contributed by atoms with Crippen LogP contribution in [0.2, 0.25) is 0 Å². The Balaban J connectivity index is 1.46. The van der Waals surface area contributed by atoms with E-state index < -0.39 is 11.8 Å². The molecule has 0 saturated carbocycles. The average Bonchev–Trinajstić information content (AvgIpc) is 3.54. The van der Waals surface area contributed by atoms with Crippen molar-refractivity contribution in [1.29, 1.82) is 0 Å². The van der Waals surface area contributed by atoms with Crippen molar-refractivity contribution in [2.75, 3.05) is 7.11 Å². The molecule has 0 spiro atoms. The third kappa shape index (κ3) is 5.97. The number of amides is 2. The van der Waals surface area contributed by atoms with E-state index in [0.29, 0.717) is 17.1 Å². The molecule has 0 aliphatic rings. The van der Waals surface area contributed by atoms with Crippen LogP contribution >= 0.6 is 27.3 Å². The molecule has 0 atom stereocenters. The van der Waals surface area contributed by atoms with Crippen LogP contribution in [0.1, 0.15) is 21.1 Å². The van der Waals surface area contributed by atoms with E-state index in [2.05, 4.69) is 36.7 Å². The van der Waals surface area contributed by atoms with E-state index in [4.69, 9.17) is 9.26 Å². The highest BCUT2D eigenvalue weighted by Crippen LogP contribution is 2.20. The molecule has 2 N–H and O–H groups in total. The second-order valence-corrected chi connectivity index (χ2v) is 8.86. The third-order valence-electron chi connectivity index (χ3n) is 4.63. The maximum absolute atomic E-state index is 12.9. The molecule has 4 rings (SSSR count). The van der Waals surface area contributed by atoms with Gasteiger partial charge >= 0.3 is 0 Å². The van der Waals surface area contributed by atoms with E-state index in [-0.39, 0.29) is 18.1 Å². The first-order chi connectivity index (χ1) is 16.5. The molecule has 2 aromatic carbocycles. The highest BCUT2D eigenvalue weighted by atomic mass is 79.9. The molecular formula is C24H19BrN4O4S. The first-order valence-corrected chi connectivity index (χ1v) is 11.8. The molecule has 2 aromatic heterocycles. The van der Waals surface area contributed by atoms with Gasteiger partial charge in [-0.3, -0.25) is 9.59 Å². The van der Waals surface area contributed by atoms with Crippen LogP contribution in [0.15, 0.2) is 80.7 Å². The van der Waals surface area contributed by atoms with Crippen molar-refractivity contribution in [2.45, 2.75) is 6.54 Å². The van der Waals surface area contributed by atoms with Crippen molar-refractivity contribution in [3.8, 4) is 17.1 Å². The van der Waals surface area contributed by atoms with E-state index in [0.717, 1.165) is 14.9 Å². The molecule has 0 radical (unpaired) electrons. The molecule has 0 saturated heterocycles. The largest absolute Gasteiger partial charge is 0.497 e. The minimum atomic E-state index is -0.488. The van der Waals surface area contributed by atoms with Gasteiger partial charge in [-0.1, -0.05) is 39.3 Å². The van der Waals surface area contributed by atoms with Gasteiger partial charge in [0.2, 0.25) is 11.7 Å². The van der Waals surface area contributed by atoms with Crippen molar-refractivity contribution in [2.24, 2.45) is 0 Å². The predicted molar refractivity (Wildman–Crippen MR) is 132 cm³/mol. The fourth-order valence-corrected chi connectivity index (χ4v) is 3.99. The molecule has 0 aliphatic carbocycles. The van der Waals surface area contributed by atoms with Gasteiger partial charge in [-0.15, -0.1) is 11.3 Å². The number of nitrogens with zero attached hydrogens (tertiary/aromatic N) is 2. The van der Waals surface area contributed by atoms with Gasteiger partial charge in [0.05, 0.1) is 13.7 Å². The molecule has 0 fully saturated rings. The van der Waals surface area contributed by atoms with Crippen molar-refractivity contribution in [3.05, 3.63) is 92.5 Å². The smallest absolute Gasteiger partial charge is 0.268 e. The summed E-state index contributed by atoms with van der Waals surface area (Å²) in [6, 6.07) is 17.8. The van der Waals surface area contributed by atoms with Crippen LogP contribution in [0.3, 0.4) is 0 Å². The molecule has 2 amide bonds. The first kappa shape index (κ1) is 23.4. The zero-order valence-corrected chi connectivity index (χ0v) is 20.4. The predicted octanol–water partition coefficient (Wildman–Crippen LogP) is 4.66. The maximum atomic E-state index is 12.9. The Morgan fingerprint density at radius 3 is 2.68 bits per heavy atom. The quantitative estimate of drug-likeness (QED) is 0.316. The van der Waals surface area contributed by atoms with Gasteiger partial charge in [0, 0.05) is 20.5 Å². The van der Waals surface area contributed by atoms with Gasteiger partial charge in [0.1, 0.15) is 11.4 Å². The van der Waals surface area contributed by atoms with Crippen molar-refractivity contribution >= 4 is 45.2 Å². The topological polar surface area (TPSA) is 106 Å². The lowest BCUT2D eigenvalue weighted by molar-refractivity contribution is -0.118. The van der Waals surface area contributed by atoms with Crippen LogP contribution in [-0.4, -0.2) is 29.1 Å². The van der Waals surface area contributed by atoms with Gasteiger partial charge in [-0.05, 0) is 53.9 Å². The van der Waals surface area contributed by atoms with Gasteiger partial charge in [0.25, 0.3) is 11.8 Å². The number of ether oxygens (including phenoxy) is 1. The number of halogens is 1. The normalized spacial score (nSPS) is 11.2. The van der Waals surface area contributed by atoms with Crippen molar-refractivity contribution < 1.29 is 18.8 Å². The molecular weight excluding hydrogens is 520 g/mol. The zero-order valence-electron chi connectivity index (χ0n) is 17.9. The number of carbonyl (C=O) groups is 2. The van der Waals surface area contributed by atoms with Gasteiger partial charge in [-0.25, -0.2) is 0 Å². The van der Waals surface area contributed by atoms with E-state index in [1.807, 2.05) is 41.8 Å². The Bertz CT molecular complexity index is 1320. The number of carbonyl (C=O) groups excluding carboxylic acids is 2. The van der Waals surface area contributed by atoms with Crippen LogP contribution in [-0.2, 0) is 11.3 Å². The summed E-state index contributed by atoms with van der Waals surface area (Å²) < 4.78 is 11.3. The standard InChI is InChI=1S/C24H19BrN4O4S/c1-32-18-9-7-15(8-10-18)23(30)27-20(13-19-6-3-11-34-19)24(31)26-14-21-28-22(29-33-21)16-4-2-5-17(25)12-16/h2-13H,14H2,1H3,(H,26,31)(H,27,30)/b20-13-. The fraction of sp³-hybridized carbons (Fsp3) is 0.0833. The lowest BCUT2D eigenvalue weighted by Crippen LogP contribution is -2.34. The van der Waals surface area contributed by atoms with E-state index in [1.54, 1.807) is 37.5 Å². The highest BCUT2D eigenvalue weighted by Gasteiger charge is 2.17. The zero-order chi connectivity index (χ0) is 23.9. The van der Waals surface area contributed by atoms with Crippen LogP contribution < -0.4 is 15.4 Å². The molecule has 2 heterocycles. The number of benzene rings is 2. The Hall–Kier alpha value is -3.76. The number of methoxy groups -OCH3 is 1. The third-order valence-corrected chi connectivity index (χ3v) is 5.94. The number of rotatable bonds is 8. The van der Waals surface area contributed by atoms with Gasteiger partial charge in [-0.2, -0.15) is 4.98 Å². The minimum Gasteiger partial charge on any atom is -0.497 e. The molecule has 0 bridgehead atoms. The molecule has 172 valence electrons. The number of thiophene rings is 1. The number of hydrogen-bond donors (Lipinski definition) is 2. The second kappa shape index (κ2) is 10.9. The molecule has 34 heavy (non-hydrogen) atoms. The molecule has 0 unspecified atom stereocenters. The average molecular weight is 539 g/mol. The molecule has 8 nitrogen and oxygen atoms in total. The summed E-state index contributed by atoms with van der Waals surface area (Å²) in [6.45, 7) is 0.0000231. The summed E-state index contributed by atoms with van der Waals surface area (Å²) in [4.78, 5) is 30.8. The number of nitrogens with one attached hydrogen (secondary N) is 2. The lowest BCUT2D eigenvalue weighted by Gasteiger charge is -2.10. The summed E-state index contributed by atoms with van der Waals surface area (Å²) >= 11 is 4.85. The Kier molecular flexibility index (Phi) is 7.51.